The first-order valence-electron chi connectivity index (χ1n) is 31.2. The summed E-state index contributed by atoms with van der Waals surface area (Å²) in [5, 5.41) is 13.1. The lowest BCUT2D eigenvalue weighted by molar-refractivity contribution is 0.685. The highest BCUT2D eigenvalue weighted by Gasteiger charge is 2.29. The zero-order valence-corrected chi connectivity index (χ0v) is 48.9. The first kappa shape index (κ1) is 50.6. The molecule has 0 amide bonds. The molecular formula is C80H70N4. The van der Waals surface area contributed by atoms with Crippen molar-refractivity contribution in [3.05, 3.63) is 251 Å². The van der Waals surface area contributed by atoms with Gasteiger partial charge in [0.1, 0.15) is 0 Å². The summed E-state index contributed by atoms with van der Waals surface area (Å²) < 4.78 is 4.97. The molecule has 0 unspecified atom stereocenters. The van der Waals surface area contributed by atoms with Crippen LogP contribution in [0.1, 0.15) is 96.9 Å². The minimum absolute atomic E-state index is 0.978. The Morgan fingerprint density at radius 3 is 1.36 bits per heavy atom. The van der Waals surface area contributed by atoms with Crippen LogP contribution in [0.3, 0.4) is 0 Å². The molecule has 84 heavy (non-hydrogen) atoms. The first-order valence-corrected chi connectivity index (χ1v) is 31.2. The van der Waals surface area contributed by atoms with Gasteiger partial charge in [-0.3, -0.25) is 0 Å². The van der Waals surface area contributed by atoms with E-state index in [2.05, 4.69) is 253 Å². The van der Waals surface area contributed by atoms with E-state index in [0.717, 1.165) is 57.1 Å². The van der Waals surface area contributed by atoms with Crippen LogP contribution in [0.25, 0.3) is 87.3 Å². The number of hydrogen-bond donors (Lipinski definition) is 0. The Balaban J connectivity index is 0.986. The van der Waals surface area contributed by atoms with Gasteiger partial charge < -0.3 is 18.9 Å². The van der Waals surface area contributed by atoms with Crippen molar-refractivity contribution in [1.29, 1.82) is 0 Å². The Hall–Kier alpha value is -9.12. The summed E-state index contributed by atoms with van der Waals surface area (Å²) in [4.78, 5) is 5.32. The van der Waals surface area contributed by atoms with Crippen LogP contribution in [0.15, 0.2) is 206 Å². The smallest absolute Gasteiger partial charge is 0.0561 e. The number of fused-ring (bicyclic) bond motifs is 8. The lowest BCUT2D eigenvalue weighted by atomic mass is 9.85. The summed E-state index contributed by atoms with van der Waals surface area (Å²) in [6.45, 7) is 9.06. The van der Waals surface area contributed by atoms with Gasteiger partial charge in [0.05, 0.1) is 33.4 Å². The number of hydrogen-bond acceptors (Lipinski definition) is 2. The van der Waals surface area contributed by atoms with E-state index < -0.39 is 0 Å². The van der Waals surface area contributed by atoms with Crippen molar-refractivity contribution in [3.8, 4) is 11.4 Å². The molecular weight excluding hydrogens is 1020 g/mol. The van der Waals surface area contributed by atoms with Gasteiger partial charge in [-0.1, -0.05) is 153 Å². The number of nitrogens with zero attached hydrogens (tertiary/aromatic N) is 4. The summed E-state index contributed by atoms with van der Waals surface area (Å²) in [5.41, 5.74) is 25.8. The van der Waals surface area contributed by atoms with Crippen molar-refractivity contribution in [2.75, 3.05) is 9.80 Å². The van der Waals surface area contributed by atoms with Crippen molar-refractivity contribution in [2.45, 2.75) is 105 Å². The highest BCUT2D eigenvalue weighted by atomic mass is 15.2. The monoisotopic (exact) mass is 1090 g/mol. The van der Waals surface area contributed by atoms with Gasteiger partial charge >= 0.3 is 0 Å². The van der Waals surface area contributed by atoms with Crippen molar-refractivity contribution >= 4 is 110 Å². The molecule has 0 spiro atoms. The van der Waals surface area contributed by atoms with Gasteiger partial charge in [0, 0.05) is 66.4 Å². The maximum atomic E-state index is 2.68. The zero-order chi connectivity index (χ0) is 56.2. The summed E-state index contributed by atoms with van der Waals surface area (Å²) in [6, 6.07) is 80.3. The average Bonchev–Trinajstić information content (AvgIpc) is 1.12. The van der Waals surface area contributed by atoms with E-state index in [4.69, 9.17) is 0 Å². The first-order chi connectivity index (χ1) is 41.4. The predicted molar refractivity (Wildman–Crippen MR) is 359 cm³/mol. The second-order valence-electron chi connectivity index (χ2n) is 24.4. The maximum Gasteiger partial charge on any atom is 0.0561 e. The van der Waals surface area contributed by atoms with E-state index in [1.165, 1.54) is 186 Å². The molecule has 0 bridgehead atoms. The standard InChI is InChI=1S/C80H70N4/c1-5-16-56-47-75(81(60-37-32-53-18-7-8-20-55(53)46-60)61-38-40-68-66-23-11-13-25-73(66)82(77(68)49-61)58-33-28-51(3)29-34-58)70-44-42-65-57(17-6-2)48-76(71-45-43-64(56)79(70)80(65)71)84(72-27-15-21-54-19-9-10-22-63(54)72)62-39-41-69-67-24-12-14-26-74(67)83(78(69)50-62)59-35-30-52(4)31-36-59/h11-15,21,23-50H,5-10,16-20,22H2,1-4H3. The van der Waals surface area contributed by atoms with Gasteiger partial charge in [-0.05, 0) is 224 Å². The molecule has 4 heteroatoms. The van der Waals surface area contributed by atoms with Crippen LogP contribution < -0.4 is 9.80 Å². The van der Waals surface area contributed by atoms with Crippen molar-refractivity contribution in [2.24, 2.45) is 0 Å². The number of benzene rings is 12. The summed E-state index contributed by atoms with van der Waals surface area (Å²) in [7, 11) is 0. The third-order valence-corrected chi connectivity index (χ3v) is 19.2. The van der Waals surface area contributed by atoms with Gasteiger partial charge in [0.25, 0.3) is 0 Å². The molecule has 0 aliphatic heterocycles. The van der Waals surface area contributed by atoms with E-state index in [-0.39, 0.29) is 0 Å². The van der Waals surface area contributed by atoms with Gasteiger partial charge in [-0.15, -0.1) is 0 Å². The van der Waals surface area contributed by atoms with E-state index in [1.807, 2.05) is 0 Å². The number of rotatable bonds is 12. The highest BCUT2D eigenvalue weighted by molar-refractivity contribution is 6.29. The molecule has 0 saturated carbocycles. The predicted octanol–water partition coefficient (Wildman–Crippen LogP) is 22.0. The molecule has 0 radical (unpaired) electrons. The lowest BCUT2D eigenvalue weighted by Crippen LogP contribution is -2.16. The fraction of sp³-hybridized carbons (Fsp3) is 0.200. The van der Waals surface area contributed by atoms with Crippen LogP contribution in [0.2, 0.25) is 0 Å². The molecule has 410 valence electrons. The molecule has 2 aliphatic carbocycles. The minimum Gasteiger partial charge on any atom is -0.310 e. The second kappa shape index (κ2) is 20.3. The molecule has 16 rings (SSSR count). The number of aryl methyl sites for hydroxylation is 7. The second-order valence-corrected chi connectivity index (χ2v) is 24.4. The lowest BCUT2D eigenvalue weighted by Gasteiger charge is -2.33. The average molecular weight is 1090 g/mol. The van der Waals surface area contributed by atoms with Crippen LogP contribution in [0, 0.1) is 13.8 Å². The Kier molecular flexibility index (Phi) is 12.3. The van der Waals surface area contributed by atoms with E-state index >= 15 is 0 Å². The Labute approximate surface area is 493 Å². The quantitative estimate of drug-likeness (QED) is 0.113. The van der Waals surface area contributed by atoms with Gasteiger partial charge in [-0.2, -0.15) is 0 Å². The van der Waals surface area contributed by atoms with Crippen LogP contribution in [-0.2, 0) is 38.5 Å². The molecule has 0 N–H and O–H groups in total. The number of para-hydroxylation sites is 2. The molecule has 12 aromatic carbocycles. The largest absolute Gasteiger partial charge is 0.310 e. The minimum atomic E-state index is 0.978. The van der Waals surface area contributed by atoms with E-state index in [1.54, 1.807) is 0 Å². The Morgan fingerprint density at radius 1 is 0.333 bits per heavy atom. The van der Waals surface area contributed by atoms with Crippen molar-refractivity contribution < 1.29 is 0 Å². The van der Waals surface area contributed by atoms with Crippen LogP contribution in [-0.4, -0.2) is 9.13 Å². The molecule has 0 fully saturated rings. The third kappa shape index (κ3) is 8.08. The molecule has 4 nitrogen and oxygen atoms in total. The Bertz CT molecular complexity index is 4900. The molecule has 2 aliphatic rings. The number of anilines is 6. The molecule has 14 aromatic rings. The van der Waals surface area contributed by atoms with Crippen LogP contribution in [0.4, 0.5) is 34.1 Å². The maximum absolute atomic E-state index is 2.68. The summed E-state index contributed by atoms with van der Waals surface area (Å²) in [5.74, 6) is 0. The molecule has 2 heterocycles. The van der Waals surface area contributed by atoms with E-state index in [0.29, 0.717) is 0 Å². The molecule has 0 atom stereocenters. The van der Waals surface area contributed by atoms with Gasteiger partial charge in [0.2, 0.25) is 0 Å². The van der Waals surface area contributed by atoms with Crippen LogP contribution >= 0.6 is 0 Å². The SMILES string of the molecule is CCCc1cc(N(c2ccc3c(c2)CCCC3)c2ccc3c4ccccc4n(-c4ccc(C)cc4)c3c2)c2ccc3c(CCC)cc(N(c4ccc5c6ccccc6n(-c6ccc(C)cc6)c5c4)c4cccc5c4CCCC5)c4ccc1c2c34. The zero-order valence-electron chi connectivity index (χ0n) is 48.9. The summed E-state index contributed by atoms with van der Waals surface area (Å²) >= 11 is 0. The van der Waals surface area contributed by atoms with Crippen molar-refractivity contribution in [1.82, 2.24) is 9.13 Å². The Morgan fingerprint density at radius 2 is 0.786 bits per heavy atom. The third-order valence-electron chi connectivity index (χ3n) is 19.2. The fourth-order valence-corrected chi connectivity index (χ4v) is 15.2. The normalized spacial score (nSPS) is 13.5. The fourth-order valence-electron chi connectivity index (χ4n) is 15.2. The molecule has 0 saturated heterocycles. The van der Waals surface area contributed by atoms with Gasteiger partial charge in [-0.25, -0.2) is 0 Å². The highest BCUT2D eigenvalue weighted by Crippen LogP contribution is 2.52. The van der Waals surface area contributed by atoms with Gasteiger partial charge in [0.15, 0.2) is 0 Å². The summed E-state index contributed by atoms with van der Waals surface area (Å²) in [6.07, 6.45) is 13.4. The van der Waals surface area contributed by atoms with Crippen molar-refractivity contribution in [3.63, 3.8) is 0 Å². The van der Waals surface area contributed by atoms with E-state index in [9.17, 15) is 0 Å². The number of aromatic nitrogens is 2. The topological polar surface area (TPSA) is 16.3 Å². The molecule has 2 aromatic heterocycles. The van der Waals surface area contributed by atoms with Crippen LogP contribution in [0.5, 0.6) is 0 Å².